The number of rotatable bonds is 19. The van der Waals surface area contributed by atoms with E-state index in [4.69, 9.17) is 0 Å². The highest BCUT2D eigenvalue weighted by molar-refractivity contribution is 7.99. The molecule has 2 heteroatoms. The van der Waals surface area contributed by atoms with Gasteiger partial charge in [0.1, 0.15) is 0 Å². The molecule has 1 aromatic carbocycles. The van der Waals surface area contributed by atoms with Crippen molar-refractivity contribution in [3.63, 3.8) is 0 Å². The molecule has 1 nitrogen and oxygen atoms in total. The normalized spacial score (nSPS) is 11.4. The first-order valence-corrected chi connectivity index (χ1v) is 12.9. The molecule has 0 aliphatic carbocycles. The second-order valence-corrected chi connectivity index (χ2v) is 8.99. The third-order valence-electron chi connectivity index (χ3n) is 5.54. The average molecular weight is 392 g/mol. The van der Waals surface area contributed by atoms with Crippen molar-refractivity contribution in [3.8, 4) is 0 Å². The van der Waals surface area contributed by atoms with E-state index in [9.17, 15) is 0 Å². The second-order valence-electron chi connectivity index (χ2n) is 7.76. The number of unbranched alkanes of at least 4 members (excludes halogenated alkanes) is 10. The standard InChI is InChI=1S/C25H45NS/c1-3-26(4-2)22-24-27-23-18-13-11-9-7-5-6-8-10-12-15-19-25-20-16-14-17-21-25/h14,16-17,20-21H,3-13,15,18-19,22-24H2,1-2H3. The van der Waals surface area contributed by atoms with Gasteiger partial charge in [0, 0.05) is 12.3 Å². The molecule has 0 N–H and O–H groups in total. The van der Waals surface area contributed by atoms with Crippen LogP contribution < -0.4 is 0 Å². The molecule has 1 aromatic rings. The number of aryl methyl sites for hydroxylation is 1. The largest absolute Gasteiger partial charge is 0.303 e. The molecule has 0 aromatic heterocycles. The Morgan fingerprint density at radius 1 is 0.630 bits per heavy atom. The first-order valence-electron chi connectivity index (χ1n) is 11.7. The highest BCUT2D eigenvalue weighted by Gasteiger charge is 1.98. The number of nitrogens with zero attached hydrogens (tertiary/aromatic N) is 1. The van der Waals surface area contributed by atoms with Crippen LogP contribution in [-0.2, 0) is 6.42 Å². The van der Waals surface area contributed by atoms with Crippen LogP contribution in [0.15, 0.2) is 30.3 Å². The summed E-state index contributed by atoms with van der Waals surface area (Å²) in [7, 11) is 0. The Labute approximate surface area is 174 Å². The van der Waals surface area contributed by atoms with Crippen LogP contribution in [0.1, 0.15) is 90.0 Å². The Morgan fingerprint density at radius 3 is 1.70 bits per heavy atom. The summed E-state index contributed by atoms with van der Waals surface area (Å²) in [6.45, 7) is 8.19. The number of benzene rings is 1. The SMILES string of the molecule is CCN(CC)CCSCCCCCCCCCCCCCc1ccccc1. The Morgan fingerprint density at radius 2 is 1.15 bits per heavy atom. The quantitative estimate of drug-likeness (QED) is 0.223. The molecule has 0 amide bonds. The fourth-order valence-corrected chi connectivity index (χ4v) is 4.60. The Kier molecular flexibility index (Phi) is 17.2. The van der Waals surface area contributed by atoms with Gasteiger partial charge in [0.2, 0.25) is 0 Å². The van der Waals surface area contributed by atoms with Crippen LogP contribution in [0.4, 0.5) is 0 Å². The molecule has 0 saturated carbocycles. The lowest BCUT2D eigenvalue weighted by molar-refractivity contribution is 0.324. The fraction of sp³-hybridized carbons (Fsp3) is 0.760. The number of hydrogen-bond acceptors (Lipinski definition) is 2. The van der Waals surface area contributed by atoms with Gasteiger partial charge in [-0.2, -0.15) is 11.8 Å². The molecule has 0 aliphatic rings. The molecule has 27 heavy (non-hydrogen) atoms. The predicted molar refractivity (Wildman–Crippen MR) is 126 cm³/mol. The highest BCUT2D eigenvalue weighted by Crippen LogP contribution is 2.14. The summed E-state index contributed by atoms with van der Waals surface area (Å²) in [4.78, 5) is 2.52. The summed E-state index contributed by atoms with van der Waals surface area (Å²) in [5.41, 5.74) is 1.50. The van der Waals surface area contributed by atoms with Gasteiger partial charge in [-0.3, -0.25) is 0 Å². The van der Waals surface area contributed by atoms with Crippen molar-refractivity contribution in [1.29, 1.82) is 0 Å². The van der Waals surface area contributed by atoms with Crippen molar-refractivity contribution in [2.24, 2.45) is 0 Å². The highest BCUT2D eigenvalue weighted by atomic mass is 32.2. The molecule has 0 radical (unpaired) electrons. The zero-order valence-electron chi connectivity index (χ0n) is 18.3. The molecule has 0 spiro atoms. The maximum atomic E-state index is 2.52. The fourth-order valence-electron chi connectivity index (χ4n) is 3.60. The predicted octanol–water partition coefficient (Wildman–Crippen LogP) is 7.60. The third-order valence-corrected chi connectivity index (χ3v) is 6.59. The minimum absolute atomic E-state index is 1.20. The van der Waals surface area contributed by atoms with Gasteiger partial charge in [-0.25, -0.2) is 0 Å². The van der Waals surface area contributed by atoms with Crippen LogP contribution >= 0.6 is 11.8 Å². The minimum Gasteiger partial charge on any atom is -0.303 e. The molecule has 0 aliphatic heterocycles. The van der Waals surface area contributed by atoms with E-state index in [2.05, 4.69) is 60.8 Å². The van der Waals surface area contributed by atoms with Gasteiger partial charge in [0.25, 0.3) is 0 Å². The summed E-state index contributed by atoms with van der Waals surface area (Å²) in [6.07, 6.45) is 17.0. The molecule has 156 valence electrons. The average Bonchev–Trinajstić information content (AvgIpc) is 2.71. The van der Waals surface area contributed by atoms with E-state index in [0.29, 0.717) is 0 Å². The van der Waals surface area contributed by atoms with Gasteiger partial charge in [-0.15, -0.1) is 0 Å². The number of hydrogen-bond donors (Lipinski definition) is 0. The number of thioether (sulfide) groups is 1. The van der Waals surface area contributed by atoms with Gasteiger partial charge in [0.15, 0.2) is 0 Å². The summed E-state index contributed by atoms with van der Waals surface area (Å²) in [6, 6.07) is 10.9. The van der Waals surface area contributed by atoms with Crippen LogP contribution in [0.2, 0.25) is 0 Å². The maximum absolute atomic E-state index is 2.52. The maximum Gasteiger partial charge on any atom is 0.00721 e. The monoisotopic (exact) mass is 391 g/mol. The molecule has 0 unspecified atom stereocenters. The second kappa shape index (κ2) is 18.9. The molecule has 0 atom stereocenters. The summed E-state index contributed by atoms with van der Waals surface area (Å²) >= 11 is 2.15. The summed E-state index contributed by atoms with van der Waals surface area (Å²) < 4.78 is 0. The first kappa shape index (κ1) is 24.6. The molecular formula is C25H45NS. The Balaban J connectivity index is 1.72. The van der Waals surface area contributed by atoms with Crippen molar-refractivity contribution >= 4 is 11.8 Å². The summed E-state index contributed by atoms with van der Waals surface area (Å²) in [5.74, 6) is 2.68. The lowest BCUT2D eigenvalue weighted by Crippen LogP contribution is -2.25. The molecule has 0 heterocycles. The lowest BCUT2D eigenvalue weighted by Gasteiger charge is -2.17. The van der Waals surface area contributed by atoms with Gasteiger partial charge in [-0.05, 0) is 43.7 Å². The van der Waals surface area contributed by atoms with Crippen LogP contribution in [0, 0.1) is 0 Å². The third kappa shape index (κ3) is 15.2. The lowest BCUT2D eigenvalue weighted by atomic mass is 10.0. The Hall–Kier alpha value is -0.470. The molecular weight excluding hydrogens is 346 g/mol. The van der Waals surface area contributed by atoms with E-state index in [1.807, 2.05) is 0 Å². The van der Waals surface area contributed by atoms with Crippen LogP contribution in [0.3, 0.4) is 0 Å². The smallest absolute Gasteiger partial charge is 0.00721 e. The molecule has 0 fully saturated rings. The van der Waals surface area contributed by atoms with Crippen molar-refractivity contribution in [1.82, 2.24) is 4.90 Å². The van der Waals surface area contributed by atoms with Crippen LogP contribution in [-0.4, -0.2) is 36.0 Å². The van der Waals surface area contributed by atoms with Crippen molar-refractivity contribution in [3.05, 3.63) is 35.9 Å². The molecule has 1 rings (SSSR count). The van der Waals surface area contributed by atoms with E-state index in [0.717, 1.165) is 0 Å². The van der Waals surface area contributed by atoms with Crippen LogP contribution in [0.25, 0.3) is 0 Å². The summed E-state index contributed by atoms with van der Waals surface area (Å²) in [5, 5.41) is 0. The van der Waals surface area contributed by atoms with E-state index in [1.54, 1.807) is 0 Å². The van der Waals surface area contributed by atoms with Crippen molar-refractivity contribution in [2.75, 3.05) is 31.1 Å². The van der Waals surface area contributed by atoms with E-state index >= 15 is 0 Å². The Bertz CT molecular complexity index is 402. The van der Waals surface area contributed by atoms with E-state index in [1.165, 1.54) is 114 Å². The first-order chi connectivity index (χ1) is 13.4. The zero-order valence-corrected chi connectivity index (χ0v) is 19.1. The molecule has 0 saturated heterocycles. The van der Waals surface area contributed by atoms with Gasteiger partial charge < -0.3 is 4.90 Å². The van der Waals surface area contributed by atoms with Crippen molar-refractivity contribution < 1.29 is 0 Å². The van der Waals surface area contributed by atoms with Gasteiger partial charge >= 0.3 is 0 Å². The topological polar surface area (TPSA) is 3.24 Å². The van der Waals surface area contributed by atoms with Crippen molar-refractivity contribution in [2.45, 2.75) is 90.9 Å². The molecule has 0 bridgehead atoms. The van der Waals surface area contributed by atoms with Crippen LogP contribution in [0.5, 0.6) is 0 Å². The zero-order chi connectivity index (χ0) is 19.4. The minimum atomic E-state index is 1.20. The van der Waals surface area contributed by atoms with Gasteiger partial charge in [-0.1, -0.05) is 102 Å². The van der Waals surface area contributed by atoms with E-state index in [-0.39, 0.29) is 0 Å². The van der Waals surface area contributed by atoms with Gasteiger partial charge in [0.05, 0.1) is 0 Å². The van der Waals surface area contributed by atoms with E-state index < -0.39 is 0 Å².